The molecule has 4 heterocycles. The fourth-order valence-corrected chi connectivity index (χ4v) is 4.11. The Kier molecular flexibility index (Phi) is 4.55. The van der Waals surface area contributed by atoms with Crippen LogP contribution in [0, 0.1) is 6.92 Å². The maximum Gasteiger partial charge on any atom is 0.344 e. The summed E-state index contributed by atoms with van der Waals surface area (Å²) in [6.07, 6.45) is 5.47. The second-order valence-electron chi connectivity index (χ2n) is 8.21. The number of nitrogens with zero attached hydrogens (tertiary/aromatic N) is 5. The Morgan fingerprint density at radius 1 is 1.07 bits per heavy atom. The quantitative estimate of drug-likeness (QED) is 0.523. The Labute approximate surface area is 174 Å². The third-order valence-corrected chi connectivity index (χ3v) is 5.88. The zero-order valence-electron chi connectivity index (χ0n) is 17.5. The zero-order chi connectivity index (χ0) is 20.8. The van der Waals surface area contributed by atoms with E-state index in [1.165, 1.54) is 0 Å². The third-order valence-electron chi connectivity index (χ3n) is 5.88. The summed E-state index contributed by atoms with van der Waals surface area (Å²) in [5.41, 5.74) is 2.97. The summed E-state index contributed by atoms with van der Waals surface area (Å²) in [6.45, 7) is 10.4. The van der Waals surface area contributed by atoms with Crippen molar-refractivity contribution in [3.8, 4) is 11.5 Å². The van der Waals surface area contributed by atoms with Gasteiger partial charge in [0.05, 0.1) is 17.3 Å². The standard InChI is InChI=1S/C23H25N5O2/c1-15(2)26-6-8-27(9-7-26)18-5-4-17-10-21(30-23(29)19(17)11-18)20-14-28-13-16(3)24-12-22(28)25-20/h4-5,10-15H,6-9H2,1-3H3. The van der Waals surface area contributed by atoms with Gasteiger partial charge in [0.2, 0.25) is 0 Å². The Balaban J connectivity index is 1.47. The first kappa shape index (κ1) is 18.8. The highest BCUT2D eigenvalue weighted by Crippen LogP contribution is 2.26. The van der Waals surface area contributed by atoms with Crippen molar-refractivity contribution in [2.75, 3.05) is 31.1 Å². The van der Waals surface area contributed by atoms with Crippen molar-refractivity contribution in [2.45, 2.75) is 26.8 Å². The number of fused-ring (bicyclic) bond motifs is 2. The molecule has 0 unspecified atom stereocenters. The lowest BCUT2D eigenvalue weighted by Gasteiger charge is -2.38. The van der Waals surface area contributed by atoms with Gasteiger partial charge in [0.1, 0.15) is 5.69 Å². The van der Waals surface area contributed by atoms with Gasteiger partial charge in [0.15, 0.2) is 11.4 Å². The summed E-state index contributed by atoms with van der Waals surface area (Å²) in [4.78, 5) is 26.4. The lowest BCUT2D eigenvalue weighted by Crippen LogP contribution is -2.48. The van der Waals surface area contributed by atoms with Crippen molar-refractivity contribution in [1.29, 1.82) is 0 Å². The third kappa shape index (κ3) is 3.35. The van der Waals surface area contributed by atoms with Crippen molar-refractivity contribution in [3.63, 3.8) is 0 Å². The van der Waals surface area contributed by atoms with E-state index in [4.69, 9.17) is 4.42 Å². The molecule has 1 aliphatic rings. The summed E-state index contributed by atoms with van der Waals surface area (Å²) in [5.74, 6) is 0.465. The number of anilines is 1. The molecule has 154 valence electrons. The number of hydrogen-bond donors (Lipinski definition) is 0. The van der Waals surface area contributed by atoms with E-state index < -0.39 is 0 Å². The van der Waals surface area contributed by atoms with E-state index in [2.05, 4.69) is 39.7 Å². The van der Waals surface area contributed by atoms with Crippen LogP contribution >= 0.6 is 0 Å². The molecule has 1 aromatic carbocycles. The first-order valence-corrected chi connectivity index (χ1v) is 10.4. The molecule has 0 atom stereocenters. The van der Waals surface area contributed by atoms with E-state index in [0.29, 0.717) is 28.5 Å². The monoisotopic (exact) mass is 403 g/mol. The zero-order valence-corrected chi connectivity index (χ0v) is 17.5. The van der Waals surface area contributed by atoms with E-state index in [-0.39, 0.29) is 5.63 Å². The van der Waals surface area contributed by atoms with Crippen LogP contribution in [0.3, 0.4) is 0 Å². The van der Waals surface area contributed by atoms with Gasteiger partial charge in [-0.15, -0.1) is 0 Å². The first-order valence-electron chi connectivity index (χ1n) is 10.4. The smallest absolute Gasteiger partial charge is 0.344 e. The second kappa shape index (κ2) is 7.25. The molecule has 30 heavy (non-hydrogen) atoms. The van der Waals surface area contributed by atoms with Gasteiger partial charge in [0.25, 0.3) is 0 Å². The number of imidazole rings is 1. The average Bonchev–Trinajstić information content (AvgIpc) is 3.17. The van der Waals surface area contributed by atoms with E-state index >= 15 is 0 Å². The molecule has 4 aromatic rings. The molecule has 3 aromatic heterocycles. The predicted molar refractivity (Wildman–Crippen MR) is 118 cm³/mol. The number of aromatic nitrogens is 3. The van der Waals surface area contributed by atoms with Crippen LogP contribution in [0.2, 0.25) is 0 Å². The van der Waals surface area contributed by atoms with Crippen LogP contribution in [0.1, 0.15) is 19.5 Å². The summed E-state index contributed by atoms with van der Waals surface area (Å²) >= 11 is 0. The maximum atomic E-state index is 12.8. The van der Waals surface area contributed by atoms with Crippen LogP contribution in [0.5, 0.6) is 0 Å². The highest BCUT2D eigenvalue weighted by molar-refractivity contribution is 5.87. The van der Waals surface area contributed by atoms with Crippen LogP contribution in [0.15, 0.2) is 52.1 Å². The molecular weight excluding hydrogens is 378 g/mol. The minimum absolute atomic E-state index is 0.337. The molecule has 7 nitrogen and oxygen atoms in total. The van der Waals surface area contributed by atoms with Gasteiger partial charge in [-0.05, 0) is 44.4 Å². The van der Waals surface area contributed by atoms with E-state index in [1.807, 2.05) is 41.9 Å². The Morgan fingerprint density at radius 3 is 2.63 bits per heavy atom. The van der Waals surface area contributed by atoms with E-state index in [9.17, 15) is 4.79 Å². The van der Waals surface area contributed by atoms with Crippen LogP contribution < -0.4 is 10.5 Å². The summed E-state index contributed by atoms with van der Waals surface area (Å²) < 4.78 is 7.54. The number of rotatable bonds is 3. The fourth-order valence-electron chi connectivity index (χ4n) is 4.11. The molecule has 5 rings (SSSR count). The van der Waals surface area contributed by atoms with Gasteiger partial charge in [0, 0.05) is 50.3 Å². The SMILES string of the molecule is Cc1cn2cc(-c3cc4ccc(N5CCN(C(C)C)CC5)cc4c(=O)o3)nc2cn1. The van der Waals surface area contributed by atoms with E-state index in [0.717, 1.165) is 42.9 Å². The van der Waals surface area contributed by atoms with Gasteiger partial charge in [-0.1, -0.05) is 6.07 Å². The Bertz CT molecular complexity index is 1280. The Morgan fingerprint density at radius 2 is 1.87 bits per heavy atom. The lowest BCUT2D eigenvalue weighted by atomic mass is 10.1. The largest absolute Gasteiger partial charge is 0.421 e. The van der Waals surface area contributed by atoms with Crippen LogP contribution in [0.4, 0.5) is 5.69 Å². The minimum Gasteiger partial charge on any atom is -0.421 e. The molecule has 7 heteroatoms. The summed E-state index contributed by atoms with van der Waals surface area (Å²) in [5, 5.41) is 1.46. The van der Waals surface area contributed by atoms with Crippen molar-refractivity contribution in [2.24, 2.45) is 0 Å². The first-order chi connectivity index (χ1) is 14.5. The maximum absolute atomic E-state index is 12.8. The van der Waals surface area contributed by atoms with Crippen LogP contribution in [-0.2, 0) is 0 Å². The van der Waals surface area contributed by atoms with Crippen LogP contribution in [-0.4, -0.2) is 51.5 Å². The van der Waals surface area contributed by atoms with Crippen molar-refractivity contribution >= 4 is 22.1 Å². The van der Waals surface area contributed by atoms with E-state index in [1.54, 1.807) is 6.20 Å². The molecule has 0 N–H and O–H groups in total. The number of hydrogen-bond acceptors (Lipinski definition) is 6. The molecule has 0 radical (unpaired) electrons. The van der Waals surface area contributed by atoms with Gasteiger partial charge in [-0.2, -0.15) is 0 Å². The normalized spacial score (nSPS) is 15.5. The minimum atomic E-state index is -0.337. The van der Waals surface area contributed by atoms with Crippen LogP contribution in [0.25, 0.3) is 27.9 Å². The van der Waals surface area contributed by atoms with Crippen molar-refractivity contribution in [1.82, 2.24) is 19.3 Å². The molecule has 1 saturated heterocycles. The summed E-state index contributed by atoms with van der Waals surface area (Å²) in [6, 6.07) is 8.50. The molecule has 0 amide bonds. The molecule has 1 aliphatic heterocycles. The van der Waals surface area contributed by atoms with Crippen molar-refractivity contribution < 1.29 is 4.42 Å². The molecule has 0 spiro atoms. The van der Waals surface area contributed by atoms with Gasteiger partial charge in [-0.25, -0.2) is 9.78 Å². The lowest BCUT2D eigenvalue weighted by molar-refractivity contribution is 0.209. The molecule has 0 aliphatic carbocycles. The Hall–Kier alpha value is -3.19. The second-order valence-corrected chi connectivity index (χ2v) is 8.21. The van der Waals surface area contributed by atoms with Gasteiger partial charge >= 0.3 is 5.63 Å². The highest BCUT2D eigenvalue weighted by atomic mass is 16.4. The molecule has 0 saturated carbocycles. The average molecular weight is 403 g/mol. The molecule has 0 bridgehead atoms. The number of benzene rings is 1. The highest BCUT2D eigenvalue weighted by Gasteiger charge is 2.20. The number of aryl methyl sites for hydroxylation is 1. The number of piperazine rings is 1. The summed E-state index contributed by atoms with van der Waals surface area (Å²) in [7, 11) is 0. The molecular formula is C23H25N5O2. The fraction of sp³-hybridized carbons (Fsp3) is 0.348. The van der Waals surface area contributed by atoms with Gasteiger partial charge < -0.3 is 13.7 Å². The predicted octanol–water partition coefficient (Wildman–Crippen LogP) is 3.34. The van der Waals surface area contributed by atoms with Gasteiger partial charge in [-0.3, -0.25) is 9.88 Å². The topological polar surface area (TPSA) is 66.9 Å². The van der Waals surface area contributed by atoms with Crippen molar-refractivity contribution in [3.05, 3.63) is 59.0 Å². The molecule has 1 fully saturated rings.